The average Bonchev–Trinajstić information content (AvgIpc) is 3.07. The average molecular weight is 415 g/mol. The van der Waals surface area contributed by atoms with Crippen LogP contribution in [0.4, 0.5) is 5.69 Å². The lowest BCUT2D eigenvalue weighted by Gasteiger charge is -2.10. The van der Waals surface area contributed by atoms with Gasteiger partial charge < -0.3 is 9.88 Å². The first-order valence-corrected chi connectivity index (χ1v) is 10.5. The minimum atomic E-state index is -0.0800. The van der Waals surface area contributed by atoms with Crippen molar-refractivity contribution in [3.05, 3.63) is 59.1 Å². The van der Waals surface area contributed by atoms with Crippen LogP contribution in [0.15, 0.2) is 53.7 Å². The van der Waals surface area contributed by atoms with E-state index in [1.807, 2.05) is 48.0 Å². The van der Waals surface area contributed by atoms with Gasteiger partial charge in [0.2, 0.25) is 5.91 Å². The largest absolute Gasteiger partial charge is 0.325 e. The molecule has 0 aliphatic heterocycles. The first kappa shape index (κ1) is 20.4. The SMILES string of the molecule is CC[C@@H](C)c1ccc(NC(=O)CSc2nnc(-c3ccccc3Cl)n2C)cc1. The van der Waals surface area contributed by atoms with E-state index in [0.29, 0.717) is 21.9 Å². The number of anilines is 1. The molecule has 0 saturated heterocycles. The molecule has 1 aromatic heterocycles. The smallest absolute Gasteiger partial charge is 0.234 e. The number of rotatable bonds is 7. The van der Waals surface area contributed by atoms with Gasteiger partial charge in [0.05, 0.1) is 10.8 Å². The van der Waals surface area contributed by atoms with Gasteiger partial charge in [0, 0.05) is 18.3 Å². The van der Waals surface area contributed by atoms with E-state index in [0.717, 1.165) is 17.7 Å². The van der Waals surface area contributed by atoms with Crippen molar-refractivity contribution in [2.75, 3.05) is 11.1 Å². The highest BCUT2D eigenvalue weighted by molar-refractivity contribution is 7.99. The van der Waals surface area contributed by atoms with Crippen LogP contribution in [-0.4, -0.2) is 26.4 Å². The molecule has 3 rings (SSSR count). The lowest BCUT2D eigenvalue weighted by molar-refractivity contribution is -0.113. The zero-order valence-corrected chi connectivity index (χ0v) is 17.7. The maximum absolute atomic E-state index is 12.3. The molecule has 5 nitrogen and oxygen atoms in total. The van der Waals surface area contributed by atoms with Crippen molar-refractivity contribution in [1.29, 1.82) is 0 Å². The van der Waals surface area contributed by atoms with E-state index in [9.17, 15) is 4.79 Å². The summed E-state index contributed by atoms with van der Waals surface area (Å²) in [5.41, 5.74) is 2.89. The number of nitrogens with one attached hydrogen (secondary N) is 1. The fourth-order valence-corrected chi connectivity index (χ4v) is 3.71. The van der Waals surface area contributed by atoms with Gasteiger partial charge in [-0.25, -0.2) is 0 Å². The lowest BCUT2D eigenvalue weighted by Crippen LogP contribution is -2.14. The highest BCUT2D eigenvalue weighted by Crippen LogP contribution is 2.28. The molecule has 1 heterocycles. The first-order chi connectivity index (χ1) is 13.5. The summed E-state index contributed by atoms with van der Waals surface area (Å²) in [5, 5.41) is 12.6. The fourth-order valence-electron chi connectivity index (χ4n) is 2.78. The van der Waals surface area contributed by atoms with Crippen molar-refractivity contribution < 1.29 is 4.79 Å². The molecular weight excluding hydrogens is 392 g/mol. The van der Waals surface area contributed by atoms with Crippen LogP contribution >= 0.6 is 23.4 Å². The van der Waals surface area contributed by atoms with Crippen LogP contribution in [0.5, 0.6) is 0 Å². The van der Waals surface area contributed by atoms with Gasteiger partial charge in [-0.05, 0) is 42.2 Å². The Morgan fingerprint density at radius 2 is 1.89 bits per heavy atom. The molecule has 0 bridgehead atoms. The molecule has 2 aromatic carbocycles. The summed E-state index contributed by atoms with van der Waals surface area (Å²) in [7, 11) is 1.87. The first-order valence-electron chi connectivity index (χ1n) is 9.16. The third kappa shape index (κ3) is 4.75. The third-order valence-electron chi connectivity index (χ3n) is 4.66. The molecule has 1 N–H and O–H groups in total. The molecule has 0 fully saturated rings. The van der Waals surface area contributed by atoms with Crippen molar-refractivity contribution in [2.45, 2.75) is 31.3 Å². The second-order valence-electron chi connectivity index (χ2n) is 6.61. The van der Waals surface area contributed by atoms with E-state index in [2.05, 4.69) is 41.5 Å². The number of hydrogen-bond donors (Lipinski definition) is 1. The number of halogens is 1. The Morgan fingerprint density at radius 3 is 2.57 bits per heavy atom. The van der Waals surface area contributed by atoms with Gasteiger partial charge in [0.15, 0.2) is 11.0 Å². The van der Waals surface area contributed by atoms with Crippen molar-refractivity contribution in [1.82, 2.24) is 14.8 Å². The van der Waals surface area contributed by atoms with Gasteiger partial charge in [-0.1, -0.05) is 61.5 Å². The summed E-state index contributed by atoms with van der Waals surface area (Å²) in [4.78, 5) is 12.3. The van der Waals surface area contributed by atoms with Gasteiger partial charge in [-0.3, -0.25) is 4.79 Å². The van der Waals surface area contributed by atoms with Crippen molar-refractivity contribution >= 4 is 35.0 Å². The van der Waals surface area contributed by atoms with Crippen molar-refractivity contribution in [2.24, 2.45) is 7.05 Å². The number of hydrogen-bond acceptors (Lipinski definition) is 4. The van der Waals surface area contributed by atoms with E-state index < -0.39 is 0 Å². The molecule has 0 aliphatic rings. The number of aromatic nitrogens is 3. The molecule has 28 heavy (non-hydrogen) atoms. The summed E-state index contributed by atoms with van der Waals surface area (Å²) in [5.74, 6) is 1.36. The predicted molar refractivity (Wildman–Crippen MR) is 116 cm³/mol. The number of thioether (sulfide) groups is 1. The van der Waals surface area contributed by atoms with Crippen LogP contribution in [0.2, 0.25) is 5.02 Å². The molecule has 0 unspecified atom stereocenters. The minimum absolute atomic E-state index is 0.0800. The summed E-state index contributed by atoms with van der Waals surface area (Å²) in [6.07, 6.45) is 1.09. The number of carbonyl (C=O) groups is 1. The molecule has 7 heteroatoms. The molecule has 0 aliphatic carbocycles. The number of carbonyl (C=O) groups excluding carboxylic acids is 1. The standard InChI is InChI=1S/C21H23ClN4OS/c1-4-14(2)15-9-11-16(12-10-15)23-19(27)13-28-21-25-24-20(26(21)3)17-7-5-6-8-18(17)22/h5-12,14H,4,13H2,1-3H3,(H,23,27)/t14-/m1/s1. The predicted octanol–water partition coefficient (Wildman–Crippen LogP) is 5.38. The minimum Gasteiger partial charge on any atom is -0.325 e. The highest BCUT2D eigenvalue weighted by atomic mass is 35.5. The topological polar surface area (TPSA) is 59.8 Å². The van der Waals surface area contributed by atoms with E-state index in [4.69, 9.17) is 11.6 Å². The summed E-state index contributed by atoms with van der Waals surface area (Å²) in [6.45, 7) is 4.36. The molecule has 0 saturated carbocycles. The Labute approximate surface area is 174 Å². The fraction of sp³-hybridized carbons (Fsp3) is 0.286. The van der Waals surface area contributed by atoms with Gasteiger partial charge >= 0.3 is 0 Å². The van der Waals surface area contributed by atoms with Crippen LogP contribution in [0.3, 0.4) is 0 Å². The van der Waals surface area contributed by atoms with Gasteiger partial charge in [-0.2, -0.15) is 0 Å². The van der Waals surface area contributed by atoms with Crippen LogP contribution in [0.25, 0.3) is 11.4 Å². The van der Waals surface area contributed by atoms with E-state index in [1.54, 1.807) is 0 Å². The monoisotopic (exact) mass is 414 g/mol. The number of benzene rings is 2. The summed E-state index contributed by atoms with van der Waals surface area (Å²) < 4.78 is 1.85. The zero-order chi connectivity index (χ0) is 20.1. The quantitative estimate of drug-likeness (QED) is 0.527. The molecule has 0 spiro atoms. The highest BCUT2D eigenvalue weighted by Gasteiger charge is 2.15. The Kier molecular flexibility index (Phi) is 6.75. The zero-order valence-electron chi connectivity index (χ0n) is 16.1. The van der Waals surface area contributed by atoms with Crippen LogP contribution in [-0.2, 0) is 11.8 Å². The lowest BCUT2D eigenvalue weighted by atomic mass is 9.99. The Morgan fingerprint density at radius 1 is 1.18 bits per heavy atom. The van der Waals surface area contributed by atoms with Gasteiger partial charge in [0.25, 0.3) is 0 Å². The van der Waals surface area contributed by atoms with Crippen LogP contribution < -0.4 is 5.32 Å². The van der Waals surface area contributed by atoms with E-state index >= 15 is 0 Å². The molecule has 0 radical (unpaired) electrons. The second kappa shape index (κ2) is 9.26. The maximum Gasteiger partial charge on any atom is 0.234 e. The van der Waals surface area contributed by atoms with E-state index in [-0.39, 0.29) is 11.7 Å². The Hall–Kier alpha value is -2.31. The van der Waals surface area contributed by atoms with Crippen LogP contribution in [0.1, 0.15) is 31.7 Å². The Balaban J connectivity index is 1.60. The number of nitrogens with zero attached hydrogens (tertiary/aromatic N) is 3. The molecular formula is C21H23ClN4OS. The summed E-state index contributed by atoms with van der Waals surface area (Å²) in [6, 6.07) is 15.5. The second-order valence-corrected chi connectivity index (χ2v) is 7.96. The molecule has 3 aromatic rings. The maximum atomic E-state index is 12.3. The molecule has 1 atom stereocenters. The molecule has 1 amide bonds. The normalized spacial score (nSPS) is 12.0. The summed E-state index contributed by atoms with van der Waals surface area (Å²) >= 11 is 7.59. The van der Waals surface area contributed by atoms with Crippen molar-refractivity contribution in [3.8, 4) is 11.4 Å². The van der Waals surface area contributed by atoms with Gasteiger partial charge in [-0.15, -0.1) is 10.2 Å². The van der Waals surface area contributed by atoms with Crippen molar-refractivity contribution in [3.63, 3.8) is 0 Å². The van der Waals surface area contributed by atoms with E-state index in [1.165, 1.54) is 17.3 Å². The molecule has 146 valence electrons. The number of amides is 1. The Bertz CT molecular complexity index is 955. The third-order valence-corrected chi connectivity index (χ3v) is 6.01. The van der Waals surface area contributed by atoms with Gasteiger partial charge in [0.1, 0.15) is 0 Å². The van der Waals surface area contributed by atoms with Crippen LogP contribution in [0, 0.1) is 0 Å².